The van der Waals surface area contributed by atoms with Crippen LogP contribution in [0.15, 0.2) is 18.5 Å². The first-order valence-electron chi connectivity index (χ1n) is 5.26. The molecule has 4 nitrogen and oxygen atoms in total. The number of rotatable bonds is 1. The average Bonchev–Trinajstić information content (AvgIpc) is 2.86. The van der Waals surface area contributed by atoms with Gasteiger partial charge in [-0.25, -0.2) is 4.98 Å². The van der Waals surface area contributed by atoms with E-state index < -0.39 is 0 Å². The zero-order chi connectivity index (χ0) is 12.0. The zero-order valence-corrected chi connectivity index (χ0v) is 10.3. The smallest absolute Gasteiger partial charge is 0.243 e. The molecule has 1 aromatic heterocycles. The molecule has 0 spiro atoms. The molecule has 1 saturated heterocycles. The van der Waals surface area contributed by atoms with E-state index in [-0.39, 0.29) is 11.9 Å². The Morgan fingerprint density at radius 2 is 2.12 bits per heavy atom. The van der Waals surface area contributed by atoms with E-state index >= 15 is 0 Å². The van der Waals surface area contributed by atoms with Gasteiger partial charge in [-0.1, -0.05) is 23.2 Å². The Morgan fingerprint density at radius 3 is 2.82 bits per heavy atom. The first kappa shape index (κ1) is 10.9. The Balaban J connectivity index is 2.17. The highest BCUT2D eigenvalue weighted by molar-refractivity contribution is 6.42. The van der Waals surface area contributed by atoms with E-state index in [9.17, 15) is 4.79 Å². The number of halogens is 2. The molecule has 0 aliphatic carbocycles. The lowest BCUT2D eigenvalue weighted by atomic mass is 10.2. The lowest BCUT2D eigenvalue weighted by molar-refractivity contribution is -0.121. The van der Waals surface area contributed by atoms with Crippen molar-refractivity contribution in [1.29, 1.82) is 0 Å². The van der Waals surface area contributed by atoms with E-state index in [1.807, 2.05) is 4.57 Å². The van der Waals surface area contributed by atoms with E-state index in [0.717, 1.165) is 17.5 Å². The molecule has 3 rings (SSSR count). The van der Waals surface area contributed by atoms with Gasteiger partial charge in [-0.15, -0.1) is 0 Å². The fourth-order valence-electron chi connectivity index (χ4n) is 2.12. The van der Waals surface area contributed by atoms with Crippen LogP contribution in [0, 0.1) is 0 Å². The number of benzene rings is 1. The van der Waals surface area contributed by atoms with Crippen molar-refractivity contribution in [2.45, 2.75) is 12.5 Å². The van der Waals surface area contributed by atoms with Crippen molar-refractivity contribution in [2.24, 2.45) is 0 Å². The normalized spacial score (nSPS) is 19.9. The van der Waals surface area contributed by atoms with Gasteiger partial charge in [0.05, 0.1) is 27.4 Å². The topological polar surface area (TPSA) is 46.9 Å². The SMILES string of the molecule is O=C1NCCC1n1cnc2cc(Cl)c(Cl)cc21. The van der Waals surface area contributed by atoms with Crippen LogP contribution in [0.3, 0.4) is 0 Å². The number of hydrogen-bond acceptors (Lipinski definition) is 2. The van der Waals surface area contributed by atoms with Crippen LogP contribution in [0.5, 0.6) is 0 Å². The van der Waals surface area contributed by atoms with Crippen LogP contribution >= 0.6 is 23.2 Å². The van der Waals surface area contributed by atoms with Crippen LogP contribution in [0.1, 0.15) is 12.5 Å². The third-order valence-corrected chi connectivity index (χ3v) is 3.69. The van der Waals surface area contributed by atoms with Gasteiger partial charge in [-0.2, -0.15) is 0 Å². The van der Waals surface area contributed by atoms with Crippen LogP contribution in [0.25, 0.3) is 11.0 Å². The van der Waals surface area contributed by atoms with E-state index in [1.54, 1.807) is 18.5 Å². The van der Waals surface area contributed by atoms with Crippen LogP contribution < -0.4 is 5.32 Å². The van der Waals surface area contributed by atoms with Crippen molar-refractivity contribution >= 4 is 40.1 Å². The van der Waals surface area contributed by atoms with Gasteiger partial charge in [-0.3, -0.25) is 4.79 Å². The number of carbonyl (C=O) groups excluding carboxylic acids is 1. The van der Waals surface area contributed by atoms with Gasteiger partial charge in [0.2, 0.25) is 5.91 Å². The van der Waals surface area contributed by atoms with Gasteiger partial charge in [0.1, 0.15) is 6.04 Å². The van der Waals surface area contributed by atoms with Crippen LogP contribution in [0.4, 0.5) is 0 Å². The van der Waals surface area contributed by atoms with Crippen molar-refractivity contribution in [3.8, 4) is 0 Å². The molecular formula is C11H9Cl2N3O. The number of imidazole rings is 1. The number of amides is 1. The minimum Gasteiger partial charge on any atom is -0.354 e. The maximum Gasteiger partial charge on any atom is 0.243 e. The molecule has 0 saturated carbocycles. The first-order valence-corrected chi connectivity index (χ1v) is 6.02. The number of carbonyl (C=O) groups is 1. The molecule has 1 aromatic carbocycles. The van der Waals surface area contributed by atoms with Gasteiger partial charge in [-0.05, 0) is 18.6 Å². The molecule has 88 valence electrons. The Morgan fingerprint density at radius 1 is 1.35 bits per heavy atom. The van der Waals surface area contributed by atoms with Gasteiger partial charge in [0.15, 0.2) is 0 Å². The van der Waals surface area contributed by atoms with Gasteiger partial charge in [0.25, 0.3) is 0 Å². The number of nitrogens with zero attached hydrogens (tertiary/aromatic N) is 2. The summed E-state index contributed by atoms with van der Waals surface area (Å²) < 4.78 is 1.85. The van der Waals surface area contributed by atoms with Gasteiger partial charge >= 0.3 is 0 Å². The number of fused-ring (bicyclic) bond motifs is 1. The van der Waals surface area contributed by atoms with E-state index in [4.69, 9.17) is 23.2 Å². The summed E-state index contributed by atoms with van der Waals surface area (Å²) >= 11 is 11.9. The van der Waals surface area contributed by atoms with Crippen LogP contribution in [-0.2, 0) is 4.79 Å². The van der Waals surface area contributed by atoms with Crippen LogP contribution in [0.2, 0.25) is 10.0 Å². The second-order valence-electron chi connectivity index (χ2n) is 4.00. The Bertz CT molecular complexity index is 608. The highest BCUT2D eigenvalue weighted by atomic mass is 35.5. The first-order chi connectivity index (χ1) is 8.16. The molecule has 1 aliphatic heterocycles. The molecular weight excluding hydrogens is 261 g/mol. The molecule has 17 heavy (non-hydrogen) atoms. The third-order valence-electron chi connectivity index (χ3n) is 2.97. The van der Waals surface area contributed by atoms with Crippen molar-refractivity contribution in [3.63, 3.8) is 0 Å². The summed E-state index contributed by atoms with van der Waals surface area (Å²) in [7, 11) is 0. The quantitative estimate of drug-likeness (QED) is 0.864. The predicted molar refractivity (Wildman–Crippen MR) is 66.4 cm³/mol. The Kier molecular flexibility index (Phi) is 2.49. The van der Waals surface area contributed by atoms with Crippen LogP contribution in [-0.4, -0.2) is 22.0 Å². The highest BCUT2D eigenvalue weighted by Gasteiger charge is 2.27. The summed E-state index contributed by atoms with van der Waals surface area (Å²) in [6.07, 6.45) is 2.43. The summed E-state index contributed by atoms with van der Waals surface area (Å²) in [6, 6.07) is 3.26. The lowest BCUT2D eigenvalue weighted by Crippen LogP contribution is -2.21. The third kappa shape index (κ3) is 1.68. The monoisotopic (exact) mass is 269 g/mol. The van der Waals surface area contributed by atoms with Crippen molar-refractivity contribution in [2.75, 3.05) is 6.54 Å². The average molecular weight is 270 g/mol. The minimum absolute atomic E-state index is 0.0235. The molecule has 1 aliphatic rings. The van der Waals surface area contributed by atoms with Crippen molar-refractivity contribution in [1.82, 2.24) is 14.9 Å². The summed E-state index contributed by atoms with van der Waals surface area (Å²) in [4.78, 5) is 15.9. The van der Waals surface area contributed by atoms with E-state index in [0.29, 0.717) is 16.6 Å². The predicted octanol–water partition coefficient (Wildman–Crippen LogP) is 2.40. The molecule has 0 bridgehead atoms. The maximum atomic E-state index is 11.6. The summed E-state index contributed by atoms with van der Waals surface area (Å²) in [6.45, 7) is 0.699. The number of aromatic nitrogens is 2. The zero-order valence-electron chi connectivity index (χ0n) is 8.78. The standard InChI is InChI=1S/C11H9Cl2N3O/c12-6-3-8-10(4-7(6)13)16(5-15-8)9-1-2-14-11(9)17/h3-5,9H,1-2H2,(H,14,17). The number of hydrogen-bond donors (Lipinski definition) is 1. The molecule has 1 unspecified atom stereocenters. The molecule has 1 atom stereocenters. The Labute approximate surface area is 108 Å². The minimum atomic E-state index is -0.197. The van der Waals surface area contributed by atoms with E-state index in [2.05, 4.69) is 10.3 Å². The molecule has 2 aromatic rings. The maximum absolute atomic E-state index is 11.6. The molecule has 1 fully saturated rings. The van der Waals surface area contributed by atoms with E-state index in [1.165, 1.54) is 0 Å². The second kappa shape index (κ2) is 3.89. The molecule has 0 radical (unpaired) electrons. The summed E-state index contributed by atoms with van der Waals surface area (Å²) in [5, 5.41) is 3.75. The second-order valence-corrected chi connectivity index (χ2v) is 4.82. The van der Waals surface area contributed by atoms with Crippen molar-refractivity contribution < 1.29 is 4.79 Å². The van der Waals surface area contributed by atoms with Gasteiger partial charge < -0.3 is 9.88 Å². The van der Waals surface area contributed by atoms with Crippen molar-refractivity contribution in [3.05, 3.63) is 28.5 Å². The fourth-order valence-corrected chi connectivity index (χ4v) is 2.43. The molecule has 6 heteroatoms. The summed E-state index contributed by atoms with van der Waals surface area (Å²) in [5.41, 5.74) is 1.58. The fraction of sp³-hybridized carbons (Fsp3) is 0.273. The highest BCUT2D eigenvalue weighted by Crippen LogP contribution is 2.30. The molecule has 1 N–H and O–H groups in total. The van der Waals surface area contributed by atoms with Gasteiger partial charge in [0, 0.05) is 6.54 Å². The number of nitrogens with one attached hydrogen (secondary N) is 1. The lowest BCUT2D eigenvalue weighted by Gasteiger charge is -2.10. The Hall–Kier alpha value is -1.26. The largest absolute Gasteiger partial charge is 0.354 e. The molecule has 2 heterocycles. The molecule has 1 amide bonds. The summed E-state index contributed by atoms with van der Waals surface area (Å²) in [5.74, 6) is 0.0235.